The molecule has 1 amide bonds. The molecule has 0 saturated carbocycles. The zero-order valence-corrected chi connectivity index (χ0v) is 13.7. The Morgan fingerprint density at radius 3 is 2.61 bits per heavy atom. The van der Waals surface area contributed by atoms with Gasteiger partial charge in [0, 0.05) is 18.8 Å². The van der Waals surface area contributed by atoms with Crippen molar-refractivity contribution in [2.45, 2.75) is 26.3 Å². The number of aromatic nitrogens is 1. The molecule has 0 spiro atoms. The number of ether oxygens (including phenoxy) is 1. The number of aromatic amines is 1. The number of nitrogens with zero attached hydrogens (tertiary/aromatic N) is 2. The molecule has 1 unspecified atom stereocenters. The number of hydrogen-bond acceptors (Lipinski definition) is 3. The molecule has 0 aliphatic rings. The van der Waals surface area contributed by atoms with Crippen LogP contribution in [0.1, 0.15) is 35.5 Å². The number of hydrogen-bond donors (Lipinski definition) is 1. The molecule has 120 valence electrons. The van der Waals surface area contributed by atoms with E-state index in [0.29, 0.717) is 17.8 Å². The van der Waals surface area contributed by atoms with Crippen molar-refractivity contribution >= 4 is 5.91 Å². The minimum atomic E-state index is -0.0880. The second-order valence-corrected chi connectivity index (χ2v) is 5.41. The van der Waals surface area contributed by atoms with E-state index in [1.165, 1.54) is 0 Å². The van der Waals surface area contributed by atoms with Crippen LogP contribution < -0.4 is 4.74 Å². The molecule has 0 aliphatic heterocycles. The largest absolute Gasteiger partial charge is 0.497 e. The molecule has 2 aromatic rings. The number of nitrogens with one attached hydrogen (secondary N) is 1. The Hall–Kier alpha value is -2.74. The molecular formula is C18H21N3O2. The number of rotatable bonds is 6. The lowest BCUT2D eigenvalue weighted by molar-refractivity contribution is 0.0698. The number of carbonyl (C=O) groups is 1. The van der Waals surface area contributed by atoms with Gasteiger partial charge in [-0.1, -0.05) is 12.1 Å². The molecule has 1 aromatic carbocycles. The van der Waals surface area contributed by atoms with Crippen LogP contribution in [-0.2, 0) is 6.42 Å². The number of amides is 1. The number of H-pyrrole nitrogens is 1. The molecule has 0 aliphatic carbocycles. The van der Waals surface area contributed by atoms with Crippen LogP contribution in [0, 0.1) is 11.3 Å². The molecular weight excluding hydrogens is 290 g/mol. The van der Waals surface area contributed by atoms with Gasteiger partial charge in [0.15, 0.2) is 0 Å². The molecule has 1 atom stereocenters. The van der Waals surface area contributed by atoms with Crippen molar-refractivity contribution in [2.75, 3.05) is 13.7 Å². The van der Waals surface area contributed by atoms with Crippen molar-refractivity contribution < 1.29 is 9.53 Å². The Balaban J connectivity index is 2.09. The van der Waals surface area contributed by atoms with E-state index in [9.17, 15) is 4.79 Å². The van der Waals surface area contributed by atoms with Crippen LogP contribution in [-0.4, -0.2) is 35.5 Å². The van der Waals surface area contributed by atoms with E-state index < -0.39 is 0 Å². The topological polar surface area (TPSA) is 69.1 Å². The standard InChI is InChI=1S/C18H21N3O2/c1-4-21(18(22)17-10-15(11-19)12-20-17)13(2)9-14-5-7-16(23-3)8-6-14/h5-8,10,12-13,20H,4,9H2,1-3H3. The number of carbonyl (C=O) groups excluding carboxylic acids is 1. The highest BCUT2D eigenvalue weighted by Crippen LogP contribution is 2.16. The number of nitriles is 1. The predicted octanol–water partition coefficient (Wildman–Crippen LogP) is 2.99. The summed E-state index contributed by atoms with van der Waals surface area (Å²) in [5.74, 6) is 0.732. The van der Waals surface area contributed by atoms with Gasteiger partial charge in [-0.05, 0) is 44.0 Å². The maximum atomic E-state index is 12.6. The van der Waals surface area contributed by atoms with Crippen molar-refractivity contribution in [3.8, 4) is 11.8 Å². The van der Waals surface area contributed by atoms with Crippen molar-refractivity contribution in [1.29, 1.82) is 5.26 Å². The van der Waals surface area contributed by atoms with Gasteiger partial charge in [-0.15, -0.1) is 0 Å². The first-order valence-corrected chi connectivity index (χ1v) is 7.61. The van der Waals surface area contributed by atoms with Gasteiger partial charge >= 0.3 is 0 Å². The number of likely N-dealkylation sites (N-methyl/N-ethyl adjacent to an activating group) is 1. The van der Waals surface area contributed by atoms with Crippen molar-refractivity contribution in [3.05, 3.63) is 53.3 Å². The van der Waals surface area contributed by atoms with E-state index in [1.807, 2.05) is 44.2 Å². The molecule has 5 nitrogen and oxygen atoms in total. The highest BCUT2D eigenvalue weighted by Gasteiger charge is 2.21. The number of benzene rings is 1. The van der Waals surface area contributed by atoms with E-state index in [-0.39, 0.29) is 11.9 Å². The maximum absolute atomic E-state index is 12.6. The summed E-state index contributed by atoms with van der Waals surface area (Å²) in [4.78, 5) is 17.3. The molecule has 0 fully saturated rings. The van der Waals surface area contributed by atoms with E-state index >= 15 is 0 Å². The zero-order chi connectivity index (χ0) is 16.8. The second kappa shape index (κ2) is 7.50. The molecule has 1 aromatic heterocycles. The summed E-state index contributed by atoms with van der Waals surface area (Å²) >= 11 is 0. The highest BCUT2D eigenvalue weighted by atomic mass is 16.5. The summed E-state index contributed by atoms with van der Waals surface area (Å²) in [6.45, 7) is 4.59. The van der Waals surface area contributed by atoms with Gasteiger partial charge in [0.1, 0.15) is 17.5 Å². The number of methoxy groups -OCH3 is 1. The van der Waals surface area contributed by atoms with Gasteiger partial charge in [-0.25, -0.2) is 0 Å². The monoisotopic (exact) mass is 311 g/mol. The van der Waals surface area contributed by atoms with E-state index in [0.717, 1.165) is 17.7 Å². The van der Waals surface area contributed by atoms with E-state index in [2.05, 4.69) is 4.98 Å². The zero-order valence-electron chi connectivity index (χ0n) is 13.7. The smallest absolute Gasteiger partial charge is 0.270 e. The minimum absolute atomic E-state index is 0.0507. The third kappa shape index (κ3) is 3.92. The fourth-order valence-electron chi connectivity index (χ4n) is 2.61. The second-order valence-electron chi connectivity index (χ2n) is 5.41. The molecule has 2 rings (SSSR count). The molecule has 1 N–H and O–H groups in total. The predicted molar refractivity (Wildman–Crippen MR) is 88.4 cm³/mol. The summed E-state index contributed by atoms with van der Waals surface area (Å²) in [5, 5.41) is 8.87. The molecule has 0 radical (unpaired) electrons. The van der Waals surface area contributed by atoms with Gasteiger partial charge in [-0.2, -0.15) is 5.26 Å². The molecule has 1 heterocycles. The quantitative estimate of drug-likeness (QED) is 0.891. The Morgan fingerprint density at radius 1 is 1.39 bits per heavy atom. The summed E-state index contributed by atoms with van der Waals surface area (Å²) in [6, 6.07) is 11.5. The summed E-state index contributed by atoms with van der Waals surface area (Å²) in [7, 11) is 1.64. The lowest BCUT2D eigenvalue weighted by Crippen LogP contribution is -2.39. The van der Waals surface area contributed by atoms with Crippen LogP contribution in [0.4, 0.5) is 0 Å². The van der Waals surface area contributed by atoms with Gasteiger partial charge < -0.3 is 14.6 Å². The third-order valence-corrected chi connectivity index (χ3v) is 3.87. The molecule has 0 saturated heterocycles. The summed E-state index contributed by atoms with van der Waals surface area (Å²) in [6.07, 6.45) is 2.31. The van der Waals surface area contributed by atoms with Crippen LogP contribution in [0.25, 0.3) is 0 Å². The molecule has 23 heavy (non-hydrogen) atoms. The van der Waals surface area contributed by atoms with Crippen molar-refractivity contribution in [2.24, 2.45) is 0 Å². The summed E-state index contributed by atoms with van der Waals surface area (Å²) < 4.78 is 5.16. The SMILES string of the molecule is CCN(C(=O)c1cc(C#N)c[nH]1)C(C)Cc1ccc(OC)cc1. The van der Waals surface area contributed by atoms with Crippen LogP contribution in [0.3, 0.4) is 0 Å². The first-order chi connectivity index (χ1) is 11.1. The third-order valence-electron chi connectivity index (χ3n) is 3.87. The average Bonchev–Trinajstić information content (AvgIpc) is 3.05. The van der Waals surface area contributed by atoms with Crippen LogP contribution in [0.2, 0.25) is 0 Å². The van der Waals surface area contributed by atoms with E-state index in [1.54, 1.807) is 24.3 Å². The lowest BCUT2D eigenvalue weighted by Gasteiger charge is -2.28. The minimum Gasteiger partial charge on any atom is -0.497 e. The fourth-order valence-corrected chi connectivity index (χ4v) is 2.61. The van der Waals surface area contributed by atoms with Gasteiger partial charge in [0.05, 0.1) is 12.7 Å². The van der Waals surface area contributed by atoms with Gasteiger partial charge in [0.25, 0.3) is 5.91 Å². The molecule has 0 bridgehead atoms. The Bertz CT molecular complexity index is 698. The van der Waals surface area contributed by atoms with Gasteiger partial charge in [0.2, 0.25) is 0 Å². The van der Waals surface area contributed by atoms with Crippen LogP contribution in [0.15, 0.2) is 36.5 Å². The fraction of sp³-hybridized carbons (Fsp3) is 0.333. The Kier molecular flexibility index (Phi) is 5.42. The average molecular weight is 311 g/mol. The molecule has 5 heteroatoms. The highest BCUT2D eigenvalue weighted by molar-refractivity contribution is 5.93. The van der Waals surface area contributed by atoms with Crippen molar-refractivity contribution in [3.63, 3.8) is 0 Å². The Morgan fingerprint density at radius 2 is 2.09 bits per heavy atom. The first-order valence-electron chi connectivity index (χ1n) is 7.61. The lowest BCUT2D eigenvalue weighted by atomic mass is 10.1. The normalized spacial score (nSPS) is 11.6. The van der Waals surface area contributed by atoms with Crippen molar-refractivity contribution in [1.82, 2.24) is 9.88 Å². The van der Waals surface area contributed by atoms with Crippen LogP contribution in [0.5, 0.6) is 5.75 Å². The van der Waals surface area contributed by atoms with Gasteiger partial charge in [-0.3, -0.25) is 4.79 Å². The van der Waals surface area contributed by atoms with Crippen LogP contribution >= 0.6 is 0 Å². The first kappa shape index (κ1) is 16.6. The summed E-state index contributed by atoms with van der Waals surface area (Å²) in [5.41, 5.74) is 2.06. The van der Waals surface area contributed by atoms with E-state index in [4.69, 9.17) is 10.00 Å². The maximum Gasteiger partial charge on any atom is 0.270 e. The Labute approximate surface area is 136 Å².